The average molecular weight is 297 g/mol. The van der Waals surface area contributed by atoms with Crippen molar-refractivity contribution in [2.45, 2.75) is 40.5 Å². The lowest BCUT2D eigenvalue weighted by molar-refractivity contribution is -0.120. The molecule has 0 heterocycles. The van der Waals surface area contributed by atoms with Gasteiger partial charge >= 0.3 is 0 Å². The fraction of sp³-hybridized carbons (Fsp3) is 0.533. The van der Waals surface area contributed by atoms with Gasteiger partial charge in [0.1, 0.15) is 5.78 Å². The summed E-state index contributed by atoms with van der Waals surface area (Å²) in [5.74, 6) is 0.743. The highest BCUT2D eigenvalue weighted by Gasteiger charge is 2.22. The largest absolute Gasteiger partial charge is 0.299 e. The predicted molar refractivity (Wildman–Crippen MR) is 76.1 cm³/mol. The van der Waals surface area contributed by atoms with E-state index in [0.29, 0.717) is 24.5 Å². The Balaban J connectivity index is 2.56. The minimum atomic E-state index is 0.201. The molecule has 0 saturated carbocycles. The van der Waals surface area contributed by atoms with Crippen molar-refractivity contribution in [1.82, 2.24) is 0 Å². The van der Waals surface area contributed by atoms with Gasteiger partial charge in [-0.3, -0.25) is 4.79 Å². The molecular formula is C15H21BrO. The van der Waals surface area contributed by atoms with Crippen LogP contribution in [0.15, 0.2) is 28.7 Å². The second kappa shape index (κ2) is 5.81. The van der Waals surface area contributed by atoms with Gasteiger partial charge in [0.05, 0.1) is 0 Å². The third-order valence-corrected chi connectivity index (χ3v) is 3.80. The van der Waals surface area contributed by atoms with Crippen LogP contribution in [0.25, 0.3) is 0 Å². The van der Waals surface area contributed by atoms with Gasteiger partial charge in [0, 0.05) is 17.3 Å². The second-order valence-electron chi connectivity index (χ2n) is 5.82. The van der Waals surface area contributed by atoms with Gasteiger partial charge in [0.15, 0.2) is 0 Å². The number of carbonyl (C=O) groups is 1. The fourth-order valence-corrected chi connectivity index (χ4v) is 2.04. The van der Waals surface area contributed by atoms with Crippen molar-refractivity contribution in [1.29, 1.82) is 0 Å². The first kappa shape index (κ1) is 14.4. The van der Waals surface area contributed by atoms with Crippen molar-refractivity contribution >= 4 is 21.7 Å². The van der Waals surface area contributed by atoms with E-state index < -0.39 is 0 Å². The highest BCUT2D eigenvalue weighted by Crippen LogP contribution is 2.28. The van der Waals surface area contributed by atoms with Gasteiger partial charge in [0.2, 0.25) is 0 Å². The molecule has 0 aliphatic heterocycles. The monoisotopic (exact) mass is 296 g/mol. The highest BCUT2D eigenvalue weighted by atomic mass is 79.9. The van der Waals surface area contributed by atoms with Crippen molar-refractivity contribution in [3.05, 3.63) is 34.3 Å². The van der Waals surface area contributed by atoms with E-state index in [1.54, 1.807) is 0 Å². The van der Waals surface area contributed by atoms with Crippen LogP contribution >= 0.6 is 15.9 Å². The number of halogens is 1. The molecular weight excluding hydrogens is 276 g/mol. The number of rotatable bonds is 4. The molecule has 0 aliphatic rings. The maximum absolute atomic E-state index is 12.0. The minimum Gasteiger partial charge on any atom is -0.299 e. The SMILES string of the molecule is CC(CC(=O)Cc1cccc(Br)c1)C(C)(C)C. The predicted octanol–water partition coefficient (Wildman–Crippen LogP) is 4.63. The van der Waals surface area contributed by atoms with E-state index in [4.69, 9.17) is 0 Å². The number of benzene rings is 1. The Kier molecular flexibility index (Phi) is 4.93. The summed E-state index contributed by atoms with van der Waals surface area (Å²) >= 11 is 3.42. The Morgan fingerprint density at radius 3 is 2.53 bits per heavy atom. The van der Waals surface area contributed by atoms with Gasteiger partial charge < -0.3 is 0 Å². The molecule has 1 nitrogen and oxygen atoms in total. The summed E-state index contributed by atoms with van der Waals surface area (Å²) in [5, 5.41) is 0. The zero-order valence-electron chi connectivity index (χ0n) is 11.1. The van der Waals surface area contributed by atoms with E-state index in [-0.39, 0.29) is 5.41 Å². The van der Waals surface area contributed by atoms with Gasteiger partial charge in [-0.1, -0.05) is 55.8 Å². The van der Waals surface area contributed by atoms with Crippen molar-refractivity contribution in [2.75, 3.05) is 0 Å². The van der Waals surface area contributed by atoms with Crippen LogP contribution in [0.3, 0.4) is 0 Å². The summed E-state index contributed by atoms with van der Waals surface area (Å²) < 4.78 is 1.03. The molecule has 0 N–H and O–H groups in total. The summed E-state index contributed by atoms with van der Waals surface area (Å²) in [6, 6.07) is 7.97. The quantitative estimate of drug-likeness (QED) is 0.791. The fourth-order valence-electron chi connectivity index (χ4n) is 1.59. The van der Waals surface area contributed by atoms with E-state index in [1.807, 2.05) is 24.3 Å². The van der Waals surface area contributed by atoms with Crippen LogP contribution in [0.2, 0.25) is 0 Å². The van der Waals surface area contributed by atoms with E-state index >= 15 is 0 Å². The summed E-state index contributed by atoms with van der Waals surface area (Å²) in [6.45, 7) is 8.71. The number of Topliss-reactive ketones (excluding diaryl/α,β-unsaturated/α-hetero) is 1. The van der Waals surface area contributed by atoms with Gasteiger partial charge in [0.25, 0.3) is 0 Å². The standard InChI is InChI=1S/C15H21BrO/c1-11(15(2,3)4)8-14(17)10-12-6-5-7-13(16)9-12/h5-7,9,11H,8,10H2,1-4H3. The molecule has 0 aliphatic carbocycles. The number of carbonyl (C=O) groups excluding carboxylic acids is 1. The Hall–Kier alpha value is -0.630. The van der Waals surface area contributed by atoms with Crippen molar-refractivity contribution in [3.8, 4) is 0 Å². The molecule has 1 aromatic carbocycles. The van der Waals surface area contributed by atoms with Gasteiger partial charge in [-0.15, -0.1) is 0 Å². The molecule has 94 valence electrons. The Labute approximate surface area is 113 Å². The first-order valence-corrected chi connectivity index (χ1v) is 6.84. The van der Waals surface area contributed by atoms with Crippen LogP contribution in [-0.4, -0.2) is 5.78 Å². The normalized spacial score (nSPS) is 13.5. The summed E-state index contributed by atoms with van der Waals surface area (Å²) in [4.78, 5) is 12.0. The average Bonchev–Trinajstić information content (AvgIpc) is 2.15. The van der Waals surface area contributed by atoms with Crippen molar-refractivity contribution < 1.29 is 4.79 Å². The highest BCUT2D eigenvalue weighted by molar-refractivity contribution is 9.10. The molecule has 0 spiro atoms. The Morgan fingerprint density at radius 1 is 1.35 bits per heavy atom. The maximum atomic E-state index is 12.0. The number of hydrogen-bond acceptors (Lipinski definition) is 1. The molecule has 17 heavy (non-hydrogen) atoms. The lowest BCUT2D eigenvalue weighted by atomic mass is 9.79. The molecule has 0 bridgehead atoms. The van der Waals surface area contributed by atoms with Gasteiger partial charge in [-0.05, 0) is 29.0 Å². The molecule has 1 rings (SSSR count). The van der Waals surface area contributed by atoms with Crippen LogP contribution in [-0.2, 0) is 11.2 Å². The van der Waals surface area contributed by atoms with E-state index in [2.05, 4.69) is 43.6 Å². The second-order valence-corrected chi connectivity index (χ2v) is 6.73. The topological polar surface area (TPSA) is 17.1 Å². The number of hydrogen-bond donors (Lipinski definition) is 0. The summed E-state index contributed by atoms with van der Waals surface area (Å²) in [5.41, 5.74) is 1.29. The van der Waals surface area contributed by atoms with Gasteiger partial charge in [-0.25, -0.2) is 0 Å². The molecule has 2 heteroatoms. The molecule has 1 aromatic rings. The first-order chi connectivity index (χ1) is 7.79. The van der Waals surface area contributed by atoms with E-state index in [1.165, 1.54) is 0 Å². The molecule has 0 saturated heterocycles. The molecule has 1 unspecified atom stereocenters. The molecule has 0 aromatic heterocycles. The summed E-state index contributed by atoms with van der Waals surface area (Å²) in [7, 11) is 0. The van der Waals surface area contributed by atoms with Crippen LogP contribution in [0.4, 0.5) is 0 Å². The van der Waals surface area contributed by atoms with Crippen LogP contribution in [0, 0.1) is 11.3 Å². The van der Waals surface area contributed by atoms with Crippen molar-refractivity contribution in [3.63, 3.8) is 0 Å². The lowest BCUT2D eigenvalue weighted by Gasteiger charge is -2.26. The summed E-state index contributed by atoms with van der Waals surface area (Å²) in [6.07, 6.45) is 1.20. The van der Waals surface area contributed by atoms with Crippen LogP contribution in [0.5, 0.6) is 0 Å². The number of ketones is 1. The minimum absolute atomic E-state index is 0.201. The van der Waals surface area contributed by atoms with Crippen LogP contribution < -0.4 is 0 Å². The third-order valence-electron chi connectivity index (χ3n) is 3.30. The third kappa shape index (κ3) is 5.03. The lowest BCUT2D eigenvalue weighted by Crippen LogP contribution is -2.21. The Bertz CT molecular complexity index is 390. The molecule has 1 atom stereocenters. The van der Waals surface area contributed by atoms with Gasteiger partial charge in [-0.2, -0.15) is 0 Å². The zero-order chi connectivity index (χ0) is 13.1. The molecule has 0 radical (unpaired) electrons. The molecule has 0 fully saturated rings. The molecule has 0 amide bonds. The smallest absolute Gasteiger partial charge is 0.137 e. The maximum Gasteiger partial charge on any atom is 0.137 e. The zero-order valence-corrected chi connectivity index (χ0v) is 12.7. The van der Waals surface area contributed by atoms with E-state index in [9.17, 15) is 4.79 Å². The van der Waals surface area contributed by atoms with Crippen molar-refractivity contribution in [2.24, 2.45) is 11.3 Å². The van der Waals surface area contributed by atoms with Crippen LogP contribution in [0.1, 0.15) is 39.7 Å². The van der Waals surface area contributed by atoms with E-state index in [0.717, 1.165) is 10.0 Å². The Morgan fingerprint density at radius 2 is 2.00 bits per heavy atom. The first-order valence-electron chi connectivity index (χ1n) is 6.05.